The van der Waals surface area contributed by atoms with Gasteiger partial charge in [0.15, 0.2) is 0 Å². The van der Waals surface area contributed by atoms with Gasteiger partial charge in [0, 0.05) is 31.3 Å². The van der Waals surface area contributed by atoms with Crippen LogP contribution < -0.4 is 4.90 Å². The van der Waals surface area contributed by atoms with E-state index < -0.39 is 5.97 Å². The Morgan fingerprint density at radius 1 is 1.40 bits per heavy atom. The molecular formula is C15H23N3O2. The van der Waals surface area contributed by atoms with E-state index in [0.29, 0.717) is 11.8 Å². The van der Waals surface area contributed by atoms with Crippen molar-refractivity contribution in [3.63, 3.8) is 0 Å². The number of aromatic nitrogens is 2. The van der Waals surface area contributed by atoms with Crippen LogP contribution in [0.15, 0.2) is 12.4 Å². The highest BCUT2D eigenvalue weighted by Gasteiger charge is 2.21. The van der Waals surface area contributed by atoms with Gasteiger partial charge < -0.3 is 10.0 Å². The third kappa shape index (κ3) is 3.92. The number of nitrogens with zero attached hydrogens (tertiary/aromatic N) is 3. The Morgan fingerprint density at radius 3 is 2.70 bits per heavy atom. The number of anilines is 1. The first-order valence-electron chi connectivity index (χ1n) is 7.35. The zero-order valence-electron chi connectivity index (χ0n) is 12.2. The SMILES string of the molecule is CC(C)c1cc(N2CCC(CCC(=O)O)CC2)ncn1. The molecular weight excluding hydrogens is 254 g/mol. The zero-order valence-corrected chi connectivity index (χ0v) is 12.2. The van der Waals surface area contributed by atoms with E-state index in [9.17, 15) is 4.79 Å². The number of rotatable bonds is 5. The van der Waals surface area contributed by atoms with Gasteiger partial charge in [-0.1, -0.05) is 13.8 Å². The maximum absolute atomic E-state index is 10.6. The Hall–Kier alpha value is -1.65. The fourth-order valence-electron chi connectivity index (χ4n) is 2.63. The van der Waals surface area contributed by atoms with Gasteiger partial charge in [0.25, 0.3) is 0 Å². The van der Waals surface area contributed by atoms with Gasteiger partial charge in [0.05, 0.1) is 0 Å². The van der Waals surface area contributed by atoms with Gasteiger partial charge in [-0.3, -0.25) is 4.79 Å². The van der Waals surface area contributed by atoms with Gasteiger partial charge in [0.1, 0.15) is 12.1 Å². The summed E-state index contributed by atoms with van der Waals surface area (Å²) in [6, 6.07) is 2.07. The van der Waals surface area contributed by atoms with Crippen LogP contribution in [-0.4, -0.2) is 34.1 Å². The molecule has 1 N–H and O–H groups in total. The molecule has 110 valence electrons. The molecule has 1 saturated heterocycles. The van der Waals surface area contributed by atoms with Crippen molar-refractivity contribution < 1.29 is 9.90 Å². The van der Waals surface area contributed by atoms with Gasteiger partial charge >= 0.3 is 5.97 Å². The highest BCUT2D eigenvalue weighted by atomic mass is 16.4. The molecule has 0 radical (unpaired) electrons. The van der Waals surface area contributed by atoms with Crippen LogP contribution in [0.3, 0.4) is 0 Å². The number of carbonyl (C=O) groups is 1. The molecule has 0 unspecified atom stereocenters. The summed E-state index contributed by atoms with van der Waals surface area (Å²) in [6.07, 6.45) is 4.82. The molecule has 1 aromatic heterocycles. The Labute approximate surface area is 120 Å². The van der Waals surface area contributed by atoms with E-state index in [4.69, 9.17) is 5.11 Å². The second-order valence-corrected chi connectivity index (χ2v) is 5.82. The Kier molecular flexibility index (Phi) is 4.93. The monoisotopic (exact) mass is 277 g/mol. The smallest absolute Gasteiger partial charge is 0.303 e. The maximum Gasteiger partial charge on any atom is 0.303 e. The molecule has 5 nitrogen and oxygen atoms in total. The van der Waals surface area contributed by atoms with Gasteiger partial charge in [-0.05, 0) is 31.1 Å². The fourth-order valence-corrected chi connectivity index (χ4v) is 2.63. The summed E-state index contributed by atoms with van der Waals surface area (Å²) in [5, 5.41) is 8.73. The summed E-state index contributed by atoms with van der Waals surface area (Å²) in [5.41, 5.74) is 1.07. The largest absolute Gasteiger partial charge is 0.481 e. The predicted octanol–water partition coefficient (Wildman–Crippen LogP) is 2.68. The second-order valence-electron chi connectivity index (χ2n) is 5.82. The summed E-state index contributed by atoms with van der Waals surface area (Å²) in [7, 11) is 0. The molecule has 5 heteroatoms. The molecule has 0 aliphatic carbocycles. The van der Waals surface area contributed by atoms with Crippen molar-refractivity contribution in [2.75, 3.05) is 18.0 Å². The number of piperidine rings is 1. The summed E-state index contributed by atoms with van der Waals surface area (Å²) in [5.74, 6) is 1.25. The molecule has 0 saturated carbocycles. The minimum atomic E-state index is -0.690. The zero-order chi connectivity index (χ0) is 14.5. The number of hydrogen-bond acceptors (Lipinski definition) is 4. The third-order valence-corrected chi connectivity index (χ3v) is 3.97. The minimum absolute atomic E-state index is 0.287. The van der Waals surface area contributed by atoms with Crippen LogP contribution in [-0.2, 0) is 4.79 Å². The predicted molar refractivity (Wildman–Crippen MR) is 77.9 cm³/mol. The van der Waals surface area contributed by atoms with E-state index in [2.05, 4.69) is 34.8 Å². The normalized spacial score (nSPS) is 16.6. The van der Waals surface area contributed by atoms with E-state index >= 15 is 0 Å². The molecule has 0 amide bonds. The Bertz CT molecular complexity index is 454. The molecule has 2 heterocycles. The molecule has 1 fully saturated rings. The van der Waals surface area contributed by atoms with E-state index in [1.165, 1.54) is 0 Å². The lowest BCUT2D eigenvalue weighted by Gasteiger charge is -2.32. The summed E-state index contributed by atoms with van der Waals surface area (Å²) >= 11 is 0. The van der Waals surface area contributed by atoms with Crippen LogP contribution in [0.5, 0.6) is 0 Å². The summed E-state index contributed by atoms with van der Waals surface area (Å²) < 4.78 is 0. The van der Waals surface area contributed by atoms with Crippen LogP contribution in [0, 0.1) is 5.92 Å². The lowest BCUT2D eigenvalue weighted by atomic mass is 9.92. The van der Waals surface area contributed by atoms with Gasteiger partial charge in [-0.2, -0.15) is 0 Å². The quantitative estimate of drug-likeness (QED) is 0.896. The number of hydrogen-bond donors (Lipinski definition) is 1. The van der Waals surface area contributed by atoms with Crippen molar-refractivity contribution in [3.8, 4) is 0 Å². The summed E-state index contributed by atoms with van der Waals surface area (Å²) in [4.78, 5) is 21.5. The number of carboxylic acid groups (broad SMARTS) is 1. The molecule has 0 spiro atoms. The molecule has 0 atom stereocenters. The first-order chi connectivity index (χ1) is 9.56. The molecule has 1 aliphatic heterocycles. The van der Waals surface area contributed by atoms with Crippen LogP contribution in [0.25, 0.3) is 0 Å². The lowest BCUT2D eigenvalue weighted by Crippen LogP contribution is -2.34. The molecule has 0 aromatic carbocycles. The molecule has 2 rings (SSSR count). The standard InChI is InChI=1S/C15H23N3O2/c1-11(2)13-9-14(17-10-16-13)18-7-5-12(6-8-18)3-4-15(19)20/h9-12H,3-8H2,1-2H3,(H,19,20). The van der Waals surface area contributed by atoms with Crippen LogP contribution >= 0.6 is 0 Å². The first kappa shape index (κ1) is 14.8. The lowest BCUT2D eigenvalue weighted by molar-refractivity contribution is -0.137. The topological polar surface area (TPSA) is 66.3 Å². The average Bonchev–Trinajstić information content (AvgIpc) is 2.46. The van der Waals surface area contributed by atoms with Crippen molar-refractivity contribution in [3.05, 3.63) is 18.1 Å². The highest BCUT2D eigenvalue weighted by molar-refractivity contribution is 5.66. The molecule has 20 heavy (non-hydrogen) atoms. The van der Waals surface area contributed by atoms with E-state index in [1.54, 1.807) is 6.33 Å². The number of carboxylic acids is 1. The van der Waals surface area contributed by atoms with Crippen molar-refractivity contribution in [2.24, 2.45) is 5.92 Å². The third-order valence-electron chi connectivity index (χ3n) is 3.97. The van der Waals surface area contributed by atoms with Crippen LogP contribution in [0.4, 0.5) is 5.82 Å². The van der Waals surface area contributed by atoms with Gasteiger partial charge in [0.2, 0.25) is 0 Å². The van der Waals surface area contributed by atoms with Gasteiger partial charge in [-0.25, -0.2) is 9.97 Å². The maximum atomic E-state index is 10.6. The van der Waals surface area contributed by atoms with Crippen LogP contribution in [0.1, 0.15) is 51.1 Å². The number of aliphatic carboxylic acids is 1. The van der Waals surface area contributed by atoms with Crippen molar-refractivity contribution >= 4 is 11.8 Å². The molecule has 1 aliphatic rings. The van der Waals surface area contributed by atoms with Crippen molar-refractivity contribution in [2.45, 2.75) is 45.4 Å². The summed E-state index contributed by atoms with van der Waals surface area (Å²) in [6.45, 7) is 6.17. The minimum Gasteiger partial charge on any atom is -0.481 e. The van der Waals surface area contributed by atoms with E-state index in [0.717, 1.165) is 43.9 Å². The van der Waals surface area contributed by atoms with Gasteiger partial charge in [-0.15, -0.1) is 0 Å². The Balaban J connectivity index is 1.90. The highest BCUT2D eigenvalue weighted by Crippen LogP contribution is 2.25. The van der Waals surface area contributed by atoms with E-state index in [1.807, 2.05) is 0 Å². The average molecular weight is 277 g/mol. The van der Waals surface area contributed by atoms with E-state index in [-0.39, 0.29) is 6.42 Å². The first-order valence-corrected chi connectivity index (χ1v) is 7.35. The van der Waals surface area contributed by atoms with Crippen LogP contribution in [0.2, 0.25) is 0 Å². The molecule has 1 aromatic rings. The second kappa shape index (κ2) is 6.68. The molecule has 0 bridgehead atoms. The van der Waals surface area contributed by atoms with Crippen molar-refractivity contribution in [1.82, 2.24) is 9.97 Å². The van der Waals surface area contributed by atoms with Crippen molar-refractivity contribution in [1.29, 1.82) is 0 Å². The Morgan fingerprint density at radius 2 is 2.10 bits per heavy atom. The fraction of sp³-hybridized carbons (Fsp3) is 0.667.